The van der Waals surface area contributed by atoms with Gasteiger partial charge in [-0.05, 0) is 46.8 Å². The van der Waals surface area contributed by atoms with Gasteiger partial charge in [0.05, 0.1) is 11.2 Å². The first-order chi connectivity index (χ1) is 8.71. The SMILES string of the molecule is Cc1ccc(/C=C/B2OC(C)(C)C(C)(C)O2)c(N)n1. The maximum Gasteiger partial charge on any atom is 0.487 e. The van der Waals surface area contributed by atoms with Crippen LogP contribution in [0.4, 0.5) is 5.82 Å². The molecule has 0 saturated carbocycles. The van der Waals surface area contributed by atoms with Crippen molar-refractivity contribution in [2.45, 2.75) is 45.8 Å². The molecule has 102 valence electrons. The Morgan fingerprint density at radius 2 is 1.74 bits per heavy atom. The van der Waals surface area contributed by atoms with Gasteiger partial charge in [-0.15, -0.1) is 0 Å². The number of hydrogen-bond donors (Lipinski definition) is 1. The van der Waals surface area contributed by atoms with Crippen LogP contribution in [0.1, 0.15) is 39.0 Å². The number of nitrogen functional groups attached to an aromatic ring is 1. The monoisotopic (exact) mass is 260 g/mol. The number of hydrogen-bond acceptors (Lipinski definition) is 4. The summed E-state index contributed by atoms with van der Waals surface area (Å²) >= 11 is 0. The van der Waals surface area contributed by atoms with Gasteiger partial charge in [0.25, 0.3) is 0 Å². The number of nitrogens with zero attached hydrogens (tertiary/aromatic N) is 1. The van der Waals surface area contributed by atoms with Crippen LogP contribution >= 0.6 is 0 Å². The van der Waals surface area contributed by atoms with Crippen molar-refractivity contribution in [3.05, 3.63) is 29.4 Å². The van der Waals surface area contributed by atoms with Gasteiger partial charge in [0.1, 0.15) is 5.82 Å². The van der Waals surface area contributed by atoms with Crippen LogP contribution < -0.4 is 5.73 Å². The van der Waals surface area contributed by atoms with E-state index in [-0.39, 0.29) is 18.3 Å². The molecule has 4 nitrogen and oxygen atoms in total. The van der Waals surface area contributed by atoms with Crippen LogP contribution in [0.25, 0.3) is 6.08 Å². The smallest absolute Gasteiger partial charge is 0.400 e. The largest absolute Gasteiger partial charge is 0.487 e. The molecule has 0 aromatic carbocycles. The van der Waals surface area contributed by atoms with E-state index in [1.54, 1.807) is 0 Å². The van der Waals surface area contributed by atoms with Crippen LogP contribution in [0.5, 0.6) is 0 Å². The summed E-state index contributed by atoms with van der Waals surface area (Å²) in [6, 6.07) is 3.87. The molecule has 1 aliphatic heterocycles. The maximum atomic E-state index is 5.88. The predicted octanol–water partition coefficient (Wildman–Crippen LogP) is 2.62. The van der Waals surface area contributed by atoms with Crippen LogP contribution in [0.3, 0.4) is 0 Å². The minimum Gasteiger partial charge on any atom is -0.400 e. The molecular weight excluding hydrogens is 239 g/mol. The molecule has 0 unspecified atom stereocenters. The highest BCUT2D eigenvalue weighted by atomic mass is 16.7. The number of nitrogens with two attached hydrogens (primary N) is 1. The maximum absolute atomic E-state index is 5.88. The number of aromatic nitrogens is 1. The zero-order chi connectivity index (χ0) is 14.3. The van der Waals surface area contributed by atoms with E-state index >= 15 is 0 Å². The van der Waals surface area contributed by atoms with Gasteiger partial charge in [0, 0.05) is 11.3 Å². The van der Waals surface area contributed by atoms with Crippen molar-refractivity contribution in [3.63, 3.8) is 0 Å². The van der Waals surface area contributed by atoms with Crippen LogP contribution in [-0.2, 0) is 9.31 Å². The normalized spacial score (nSPS) is 21.2. The highest BCUT2D eigenvalue weighted by molar-refractivity contribution is 6.52. The van der Waals surface area contributed by atoms with Gasteiger partial charge >= 0.3 is 7.12 Å². The van der Waals surface area contributed by atoms with E-state index in [2.05, 4.69) is 4.98 Å². The molecule has 1 fully saturated rings. The zero-order valence-electron chi connectivity index (χ0n) is 12.2. The third-order valence-corrected chi connectivity index (χ3v) is 3.80. The molecule has 2 N–H and O–H groups in total. The second kappa shape index (κ2) is 4.65. The van der Waals surface area contributed by atoms with E-state index in [4.69, 9.17) is 15.0 Å². The molecule has 2 heterocycles. The van der Waals surface area contributed by atoms with Crippen LogP contribution in [0.2, 0.25) is 0 Å². The quantitative estimate of drug-likeness (QED) is 0.830. The molecular formula is C14H21BN2O2. The molecule has 0 radical (unpaired) electrons. The Balaban J connectivity index is 2.13. The lowest BCUT2D eigenvalue weighted by atomic mass is 9.89. The Morgan fingerprint density at radius 1 is 1.16 bits per heavy atom. The number of aryl methyl sites for hydroxylation is 1. The zero-order valence-corrected chi connectivity index (χ0v) is 12.2. The molecule has 5 heteroatoms. The topological polar surface area (TPSA) is 57.4 Å². The Hall–Kier alpha value is -1.33. The Bertz CT molecular complexity index is 496. The molecule has 19 heavy (non-hydrogen) atoms. The van der Waals surface area contributed by atoms with Gasteiger partial charge in [-0.25, -0.2) is 4.98 Å². The summed E-state index contributed by atoms with van der Waals surface area (Å²) in [5, 5.41) is 0. The minimum atomic E-state index is -0.356. The number of anilines is 1. The summed E-state index contributed by atoms with van der Waals surface area (Å²) in [6.45, 7) is 10.0. The van der Waals surface area contributed by atoms with Crippen molar-refractivity contribution in [1.82, 2.24) is 4.98 Å². The Kier molecular flexibility index (Phi) is 3.45. The molecule has 0 aliphatic carbocycles. The summed E-state index contributed by atoms with van der Waals surface area (Å²) in [7, 11) is -0.356. The van der Waals surface area contributed by atoms with E-state index in [0.717, 1.165) is 11.3 Å². The van der Waals surface area contributed by atoms with E-state index in [1.165, 1.54) is 0 Å². The molecule has 0 amide bonds. The van der Waals surface area contributed by atoms with Gasteiger partial charge in [-0.1, -0.05) is 12.1 Å². The first-order valence-electron chi connectivity index (χ1n) is 6.48. The summed E-state index contributed by atoms with van der Waals surface area (Å²) in [6.07, 6.45) is 1.89. The van der Waals surface area contributed by atoms with Crippen LogP contribution in [0, 0.1) is 6.92 Å². The van der Waals surface area contributed by atoms with Crippen molar-refractivity contribution >= 4 is 19.0 Å². The van der Waals surface area contributed by atoms with Gasteiger partial charge in [0.2, 0.25) is 0 Å². The standard InChI is InChI=1S/C14H21BN2O2/c1-10-6-7-11(12(16)17-10)8-9-15-18-13(2,3)14(4,5)19-15/h6-9H,1-5H3,(H2,16,17)/b9-8+. The third-order valence-electron chi connectivity index (χ3n) is 3.80. The summed E-state index contributed by atoms with van der Waals surface area (Å²) < 4.78 is 11.8. The van der Waals surface area contributed by atoms with Crippen molar-refractivity contribution in [2.75, 3.05) is 5.73 Å². The van der Waals surface area contributed by atoms with Crippen LogP contribution in [-0.4, -0.2) is 23.3 Å². The van der Waals surface area contributed by atoms with Gasteiger partial charge < -0.3 is 15.0 Å². The molecule has 0 atom stereocenters. The first kappa shape index (κ1) is 14.1. The third kappa shape index (κ3) is 2.82. The average Bonchev–Trinajstić information content (AvgIpc) is 2.46. The van der Waals surface area contributed by atoms with Crippen molar-refractivity contribution in [2.24, 2.45) is 0 Å². The van der Waals surface area contributed by atoms with E-state index < -0.39 is 0 Å². The molecule has 1 aliphatic rings. The van der Waals surface area contributed by atoms with Crippen molar-refractivity contribution < 1.29 is 9.31 Å². The van der Waals surface area contributed by atoms with E-state index in [1.807, 2.05) is 58.8 Å². The second-order valence-electron chi connectivity index (χ2n) is 5.91. The molecule has 1 aromatic rings. The van der Waals surface area contributed by atoms with Gasteiger partial charge in [0.15, 0.2) is 0 Å². The molecule has 0 spiro atoms. The molecule has 0 bridgehead atoms. The number of rotatable bonds is 2. The van der Waals surface area contributed by atoms with E-state index in [9.17, 15) is 0 Å². The lowest BCUT2D eigenvalue weighted by molar-refractivity contribution is 0.00578. The highest BCUT2D eigenvalue weighted by Gasteiger charge is 2.49. The van der Waals surface area contributed by atoms with Crippen molar-refractivity contribution in [3.8, 4) is 0 Å². The molecule has 1 saturated heterocycles. The lowest BCUT2D eigenvalue weighted by Gasteiger charge is -2.32. The summed E-state index contributed by atoms with van der Waals surface area (Å²) in [4.78, 5) is 4.22. The Labute approximate surface area is 115 Å². The van der Waals surface area contributed by atoms with Crippen LogP contribution in [0.15, 0.2) is 18.1 Å². The van der Waals surface area contributed by atoms with Gasteiger partial charge in [-0.2, -0.15) is 0 Å². The minimum absolute atomic E-state index is 0.320. The highest BCUT2D eigenvalue weighted by Crippen LogP contribution is 2.37. The predicted molar refractivity (Wildman–Crippen MR) is 78.5 cm³/mol. The second-order valence-corrected chi connectivity index (χ2v) is 5.91. The molecule has 2 rings (SSSR count). The van der Waals surface area contributed by atoms with Gasteiger partial charge in [-0.3, -0.25) is 0 Å². The first-order valence-corrected chi connectivity index (χ1v) is 6.48. The fourth-order valence-corrected chi connectivity index (χ4v) is 1.88. The average molecular weight is 260 g/mol. The fraction of sp³-hybridized carbons (Fsp3) is 0.500. The summed E-state index contributed by atoms with van der Waals surface area (Å²) in [5.41, 5.74) is 7.01. The summed E-state index contributed by atoms with van der Waals surface area (Å²) in [5.74, 6) is 2.40. The molecule has 1 aromatic heterocycles. The van der Waals surface area contributed by atoms with Crippen molar-refractivity contribution in [1.29, 1.82) is 0 Å². The van der Waals surface area contributed by atoms with E-state index in [0.29, 0.717) is 5.82 Å². The lowest BCUT2D eigenvalue weighted by Crippen LogP contribution is -2.41. The number of pyridine rings is 1. The fourth-order valence-electron chi connectivity index (χ4n) is 1.88. The Morgan fingerprint density at radius 3 is 2.26 bits per heavy atom.